The van der Waals surface area contributed by atoms with Crippen LogP contribution >= 0.6 is 11.8 Å². The molecule has 0 fully saturated rings. The van der Waals surface area contributed by atoms with E-state index in [-0.39, 0.29) is 14.6 Å². The van der Waals surface area contributed by atoms with Crippen LogP contribution in [0.25, 0.3) is 0 Å². The van der Waals surface area contributed by atoms with Crippen LogP contribution in [0.5, 0.6) is 0 Å². The second-order valence-electron chi connectivity index (χ2n) is 2.08. The van der Waals surface area contributed by atoms with E-state index in [1.165, 1.54) is 16.8 Å². The molecular formula is C7H14CoO2SSi. The number of thioether (sulfide) groups is 1. The normalized spacial score (nSPS) is 11.9. The van der Waals surface area contributed by atoms with Crippen molar-refractivity contribution in [3.8, 4) is 0 Å². The van der Waals surface area contributed by atoms with Crippen molar-refractivity contribution in [1.82, 2.24) is 0 Å². The van der Waals surface area contributed by atoms with E-state index in [4.69, 9.17) is 0 Å². The van der Waals surface area contributed by atoms with Crippen LogP contribution in [0.4, 0.5) is 0 Å². The molecule has 0 aromatic carbocycles. The van der Waals surface area contributed by atoms with Gasteiger partial charge in [-0.3, -0.25) is 0 Å². The predicted molar refractivity (Wildman–Crippen MR) is 52.2 cm³/mol. The zero-order chi connectivity index (χ0) is 9.40. The molecule has 0 heterocycles. The molecule has 0 amide bonds. The molecule has 0 aromatic heterocycles. The molecule has 0 bridgehead atoms. The Bertz CT molecular complexity index is 184. The zero-order valence-electron chi connectivity index (χ0n) is 7.17. The van der Waals surface area contributed by atoms with E-state index in [2.05, 4.69) is 13.1 Å². The standard InChI is InChI=1S/C5H11OSSi.C2H3.Co.O/c1-3-5(6)7-4-8-2;1-2;;/h1,3-4,8H2,2H3;1H,2H2;;. The molecule has 0 aliphatic heterocycles. The van der Waals surface area contributed by atoms with Gasteiger partial charge in [-0.25, -0.2) is 0 Å². The van der Waals surface area contributed by atoms with Gasteiger partial charge in [0.1, 0.15) is 0 Å². The van der Waals surface area contributed by atoms with Gasteiger partial charge in [-0.15, -0.1) is 0 Å². The third-order valence-corrected chi connectivity index (χ3v) is 5.29. The molecule has 0 saturated carbocycles. The number of hydrogen-bond donors (Lipinski definition) is 0. The van der Waals surface area contributed by atoms with Crippen LogP contribution in [0.15, 0.2) is 11.6 Å². The van der Waals surface area contributed by atoms with Gasteiger partial charge >= 0.3 is 83.9 Å². The molecule has 0 aliphatic rings. The summed E-state index contributed by atoms with van der Waals surface area (Å²) in [4.78, 5) is 11.0. The Balaban J connectivity index is 3.43. The van der Waals surface area contributed by atoms with Crippen molar-refractivity contribution in [3.63, 3.8) is 0 Å². The van der Waals surface area contributed by atoms with E-state index in [0.717, 1.165) is 5.38 Å². The molecule has 0 radical (unpaired) electrons. The minimum absolute atomic E-state index is 0.0214. The van der Waals surface area contributed by atoms with Crippen molar-refractivity contribution in [2.45, 2.75) is 18.3 Å². The molecule has 0 N–H and O–H groups in total. The maximum absolute atomic E-state index is 11.0. The summed E-state index contributed by atoms with van der Waals surface area (Å²) < 4.78 is 10.9. The van der Waals surface area contributed by atoms with Crippen LogP contribution in [0.2, 0.25) is 11.9 Å². The first-order valence-corrected chi connectivity index (χ1v) is 8.89. The summed E-state index contributed by atoms with van der Waals surface area (Å²) in [5.41, 5.74) is 0. The van der Waals surface area contributed by atoms with Gasteiger partial charge in [0, 0.05) is 0 Å². The van der Waals surface area contributed by atoms with Crippen molar-refractivity contribution in [2.24, 2.45) is 0 Å². The Morgan fingerprint density at radius 2 is 2.42 bits per heavy atom. The van der Waals surface area contributed by atoms with Crippen LogP contribution in [0, 0.1) is 0 Å². The van der Waals surface area contributed by atoms with Crippen molar-refractivity contribution in [3.05, 3.63) is 11.6 Å². The van der Waals surface area contributed by atoms with Crippen LogP contribution in [-0.4, -0.2) is 20.0 Å². The first kappa shape index (κ1) is 12.3. The summed E-state index contributed by atoms with van der Waals surface area (Å²) in [5, 5.41) is 3.06. The first-order chi connectivity index (χ1) is 5.70. The van der Waals surface area contributed by atoms with Gasteiger partial charge in [0.2, 0.25) is 0 Å². The molecule has 0 unspecified atom stereocenters. The third kappa shape index (κ3) is 6.96. The Morgan fingerprint density at radius 3 is 2.92 bits per heavy atom. The van der Waals surface area contributed by atoms with E-state index in [1.54, 1.807) is 0 Å². The fourth-order valence-electron chi connectivity index (χ4n) is 0.506. The minimum atomic E-state index is -1.31. The second kappa shape index (κ2) is 7.91. The maximum atomic E-state index is 11.0. The van der Waals surface area contributed by atoms with Crippen molar-refractivity contribution in [2.75, 3.05) is 5.38 Å². The fraction of sp³-hybridized carbons (Fsp3) is 0.571. The molecule has 12 heavy (non-hydrogen) atoms. The monoisotopic (exact) mass is 249 g/mol. The number of hydrogen-bond acceptors (Lipinski definition) is 3. The molecule has 5 heteroatoms. The molecule has 0 spiro atoms. The Kier molecular flexibility index (Phi) is 8.09. The molecule has 73 valence electrons. The van der Waals surface area contributed by atoms with Crippen LogP contribution in [0.3, 0.4) is 0 Å². The van der Waals surface area contributed by atoms with Crippen molar-refractivity contribution >= 4 is 26.4 Å². The average molecular weight is 249 g/mol. The van der Waals surface area contributed by atoms with E-state index in [9.17, 15) is 8.66 Å². The summed E-state index contributed by atoms with van der Waals surface area (Å²) in [6.45, 7) is 5.58. The Hall–Kier alpha value is 0.283. The van der Waals surface area contributed by atoms with Gasteiger partial charge in [0.25, 0.3) is 0 Å². The van der Waals surface area contributed by atoms with Crippen LogP contribution < -0.4 is 0 Å². The predicted octanol–water partition coefficient (Wildman–Crippen LogP) is 1.34. The molecule has 2 nitrogen and oxygen atoms in total. The van der Waals surface area contributed by atoms with E-state index in [1.807, 2.05) is 0 Å². The third-order valence-electron chi connectivity index (χ3n) is 1.07. The van der Waals surface area contributed by atoms with Gasteiger partial charge in [-0.05, 0) is 0 Å². The topological polar surface area (TPSA) is 34.1 Å². The SMILES string of the molecule is C=[CH][Co](=[O])[CH2]CC(=O)SC[SiH2]C. The number of rotatable bonds is 6. The molecular weight excluding hydrogens is 235 g/mol. The average Bonchev–Trinajstić information content (AvgIpc) is 2.10. The number of carbonyl (C=O) groups excluding carboxylic acids is 1. The van der Waals surface area contributed by atoms with Crippen molar-refractivity contribution in [1.29, 1.82) is 0 Å². The van der Waals surface area contributed by atoms with E-state index >= 15 is 0 Å². The second-order valence-corrected chi connectivity index (χ2v) is 7.38. The summed E-state index contributed by atoms with van der Waals surface area (Å²) >= 11 is 0.0739. The summed E-state index contributed by atoms with van der Waals surface area (Å²) in [5.74, 6) is 0. The van der Waals surface area contributed by atoms with Crippen LogP contribution in [-0.2, 0) is 22.2 Å². The molecule has 0 atom stereocenters. The summed E-state index contributed by atoms with van der Waals surface area (Å²) in [6.07, 6.45) is 0.430. The van der Waals surface area contributed by atoms with E-state index < -0.39 is 13.6 Å². The van der Waals surface area contributed by atoms with Crippen molar-refractivity contribution < 1.29 is 22.2 Å². The molecule has 0 saturated heterocycles. The van der Waals surface area contributed by atoms with Gasteiger partial charge < -0.3 is 0 Å². The quantitative estimate of drug-likeness (QED) is 0.666. The Morgan fingerprint density at radius 1 is 1.75 bits per heavy atom. The van der Waals surface area contributed by atoms with Crippen LogP contribution in [0.1, 0.15) is 6.42 Å². The van der Waals surface area contributed by atoms with E-state index in [0.29, 0.717) is 11.8 Å². The zero-order valence-corrected chi connectivity index (χ0v) is 10.4. The molecule has 0 aliphatic carbocycles. The van der Waals surface area contributed by atoms with Gasteiger partial charge in [-0.2, -0.15) is 0 Å². The summed E-state index contributed by atoms with van der Waals surface area (Å²) in [7, 11) is -0.0214. The Labute approximate surface area is 84.0 Å². The molecule has 0 rings (SSSR count). The fourth-order valence-corrected chi connectivity index (χ4v) is 3.34. The van der Waals surface area contributed by atoms with Gasteiger partial charge in [0.05, 0.1) is 0 Å². The van der Waals surface area contributed by atoms with Gasteiger partial charge in [0.15, 0.2) is 0 Å². The molecule has 0 aromatic rings. The van der Waals surface area contributed by atoms with Gasteiger partial charge in [-0.1, -0.05) is 0 Å². The first-order valence-electron chi connectivity index (χ1n) is 3.73. The number of carbonyl (C=O) groups is 1. The summed E-state index contributed by atoms with van der Waals surface area (Å²) in [6, 6.07) is 0.